The van der Waals surface area contributed by atoms with Crippen LogP contribution in [-0.4, -0.2) is 7.11 Å². The molecule has 0 bridgehead atoms. The molecule has 0 saturated carbocycles. The Morgan fingerprint density at radius 3 is 1.74 bits per heavy atom. The first-order chi connectivity index (χ1) is 10.6. The molecule has 0 aliphatic carbocycles. The molecule has 0 atom stereocenters. The highest BCUT2D eigenvalue weighted by Gasteiger charge is 2.34. The van der Waals surface area contributed by atoms with Crippen molar-refractivity contribution < 1.29 is 17.9 Å². The van der Waals surface area contributed by atoms with E-state index in [9.17, 15) is 13.2 Å². The second kappa shape index (κ2) is 6.77. The fourth-order valence-electron chi connectivity index (χ4n) is 1.94. The number of hydrogen-bond donors (Lipinski definition) is 0. The van der Waals surface area contributed by atoms with Gasteiger partial charge in [0, 0.05) is 5.56 Å². The van der Waals surface area contributed by atoms with Gasteiger partial charge in [-0.2, -0.15) is 13.2 Å². The first-order valence-corrected chi connectivity index (χ1v) is 7.75. The van der Waals surface area contributed by atoms with Crippen molar-refractivity contribution in [2.75, 3.05) is 7.11 Å². The lowest BCUT2D eigenvalue weighted by atomic mass is 10.0. The zero-order valence-electron chi connectivity index (χ0n) is 11.2. The molecule has 0 unspecified atom stereocenters. The number of methoxy groups -OCH3 is 1. The molecule has 0 spiro atoms. The molecular formula is C14H6Cl5F3O. The SMILES string of the molecule is COc1cc(-c2c(Cl)c(Cl)c(Cl)c(Cl)c2Cl)ccc1C(F)(F)F. The molecule has 124 valence electrons. The minimum Gasteiger partial charge on any atom is -0.496 e. The molecule has 0 aromatic heterocycles. The predicted molar refractivity (Wildman–Crippen MR) is 88.5 cm³/mol. The maximum Gasteiger partial charge on any atom is 0.419 e. The van der Waals surface area contributed by atoms with E-state index in [-0.39, 0.29) is 42.0 Å². The highest BCUT2D eigenvalue weighted by atomic mass is 35.5. The van der Waals surface area contributed by atoms with Crippen molar-refractivity contribution in [2.24, 2.45) is 0 Å². The Morgan fingerprint density at radius 2 is 1.30 bits per heavy atom. The Balaban J connectivity index is 2.74. The summed E-state index contributed by atoms with van der Waals surface area (Å²) < 4.78 is 43.6. The van der Waals surface area contributed by atoms with Gasteiger partial charge in [-0.15, -0.1) is 0 Å². The van der Waals surface area contributed by atoms with Crippen molar-refractivity contribution in [3.05, 3.63) is 48.9 Å². The van der Waals surface area contributed by atoms with Crippen molar-refractivity contribution in [3.63, 3.8) is 0 Å². The quantitative estimate of drug-likeness (QED) is 0.355. The van der Waals surface area contributed by atoms with Crippen LogP contribution in [0.4, 0.5) is 13.2 Å². The monoisotopic (exact) mass is 422 g/mol. The normalized spacial score (nSPS) is 11.7. The Labute approximate surface area is 154 Å². The minimum atomic E-state index is -4.56. The van der Waals surface area contributed by atoms with Crippen LogP contribution in [0.15, 0.2) is 18.2 Å². The lowest BCUT2D eigenvalue weighted by molar-refractivity contribution is -0.138. The number of halogens is 8. The molecule has 2 aromatic carbocycles. The van der Waals surface area contributed by atoms with Crippen LogP contribution in [-0.2, 0) is 6.18 Å². The lowest BCUT2D eigenvalue weighted by Gasteiger charge is -2.16. The van der Waals surface area contributed by atoms with Crippen molar-refractivity contribution in [1.29, 1.82) is 0 Å². The molecule has 9 heteroatoms. The third kappa shape index (κ3) is 3.47. The summed E-state index contributed by atoms with van der Waals surface area (Å²) in [7, 11) is 1.12. The van der Waals surface area contributed by atoms with Gasteiger partial charge in [0.05, 0.1) is 37.8 Å². The molecule has 0 heterocycles. The average molecular weight is 424 g/mol. The van der Waals surface area contributed by atoms with Crippen molar-refractivity contribution in [1.82, 2.24) is 0 Å². The van der Waals surface area contributed by atoms with E-state index in [0.717, 1.165) is 19.2 Å². The van der Waals surface area contributed by atoms with Crippen molar-refractivity contribution >= 4 is 58.0 Å². The topological polar surface area (TPSA) is 9.23 Å². The lowest BCUT2D eigenvalue weighted by Crippen LogP contribution is -2.07. The average Bonchev–Trinajstić information content (AvgIpc) is 2.50. The fraction of sp³-hybridized carbons (Fsp3) is 0.143. The Kier molecular flexibility index (Phi) is 5.54. The standard InChI is InChI=1S/C14H6Cl5F3O/c1-23-7-4-5(2-3-6(7)14(20,21)22)8-9(15)11(17)13(19)12(18)10(8)16/h2-4H,1H3. The van der Waals surface area contributed by atoms with Gasteiger partial charge in [0.15, 0.2) is 0 Å². The Morgan fingerprint density at radius 1 is 0.826 bits per heavy atom. The van der Waals surface area contributed by atoms with Crippen LogP contribution in [0.3, 0.4) is 0 Å². The van der Waals surface area contributed by atoms with Crippen molar-refractivity contribution in [2.45, 2.75) is 6.18 Å². The summed E-state index contributed by atoms with van der Waals surface area (Å²) in [5.74, 6) is -0.385. The molecule has 0 saturated heterocycles. The first-order valence-electron chi connectivity index (χ1n) is 5.86. The molecule has 1 nitrogen and oxygen atoms in total. The van der Waals surface area contributed by atoms with Gasteiger partial charge in [-0.3, -0.25) is 0 Å². The van der Waals surface area contributed by atoms with Crippen LogP contribution in [0.2, 0.25) is 25.1 Å². The highest BCUT2D eigenvalue weighted by Crippen LogP contribution is 2.49. The highest BCUT2D eigenvalue weighted by molar-refractivity contribution is 6.56. The number of rotatable bonds is 2. The maximum absolute atomic E-state index is 12.9. The smallest absolute Gasteiger partial charge is 0.419 e. The summed E-state index contributed by atoms with van der Waals surface area (Å²) >= 11 is 30.0. The van der Waals surface area contributed by atoms with Crippen LogP contribution in [0.1, 0.15) is 5.56 Å². The van der Waals surface area contributed by atoms with Crippen LogP contribution in [0, 0.1) is 0 Å². The fourth-order valence-corrected chi connectivity index (χ4v) is 3.30. The Hall–Kier alpha value is -0.520. The van der Waals surface area contributed by atoms with E-state index in [2.05, 4.69) is 0 Å². The summed E-state index contributed by atoms with van der Waals surface area (Å²) in [6, 6.07) is 3.20. The molecule has 23 heavy (non-hydrogen) atoms. The third-order valence-corrected chi connectivity index (χ3v) is 5.28. The zero-order valence-corrected chi connectivity index (χ0v) is 14.9. The summed E-state index contributed by atoms with van der Waals surface area (Å²) in [6.07, 6.45) is -4.56. The second-order valence-electron chi connectivity index (χ2n) is 4.36. The van der Waals surface area contributed by atoms with Gasteiger partial charge in [0.25, 0.3) is 0 Å². The van der Waals surface area contributed by atoms with E-state index < -0.39 is 11.7 Å². The van der Waals surface area contributed by atoms with Crippen LogP contribution in [0.5, 0.6) is 5.75 Å². The van der Waals surface area contributed by atoms with E-state index >= 15 is 0 Å². The van der Waals surface area contributed by atoms with E-state index in [1.165, 1.54) is 6.07 Å². The molecular weight excluding hydrogens is 418 g/mol. The van der Waals surface area contributed by atoms with Gasteiger partial charge < -0.3 is 4.74 Å². The summed E-state index contributed by atoms with van der Waals surface area (Å²) in [5, 5.41) is -0.167. The summed E-state index contributed by atoms with van der Waals surface area (Å²) in [4.78, 5) is 0. The number of ether oxygens (including phenoxy) is 1. The van der Waals surface area contributed by atoms with Gasteiger partial charge in [0.2, 0.25) is 0 Å². The van der Waals surface area contributed by atoms with E-state index in [4.69, 9.17) is 62.7 Å². The largest absolute Gasteiger partial charge is 0.496 e. The first kappa shape index (κ1) is 18.8. The van der Waals surface area contributed by atoms with E-state index in [0.29, 0.717) is 0 Å². The third-order valence-electron chi connectivity index (χ3n) is 3.01. The number of alkyl halides is 3. The zero-order chi connectivity index (χ0) is 17.5. The Bertz CT molecular complexity index is 745. The number of benzene rings is 2. The summed E-state index contributed by atoms with van der Waals surface area (Å²) in [5.41, 5.74) is -0.507. The van der Waals surface area contributed by atoms with Gasteiger partial charge in [-0.05, 0) is 17.7 Å². The van der Waals surface area contributed by atoms with Gasteiger partial charge in [0.1, 0.15) is 5.75 Å². The maximum atomic E-state index is 12.9. The van der Waals surface area contributed by atoms with Crippen molar-refractivity contribution in [3.8, 4) is 16.9 Å². The molecule has 0 aliphatic rings. The van der Waals surface area contributed by atoms with Crippen LogP contribution in [0.25, 0.3) is 11.1 Å². The molecule has 0 fully saturated rings. The summed E-state index contributed by atoms with van der Waals surface area (Å²) in [6.45, 7) is 0. The van der Waals surface area contributed by atoms with Crippen LogP contribution >= 0.6 is 58.0 Å². The molecule has 0 aliphatic heterocycles. The molecule has 0 radical (unpaired) electrons. The molecule has 0 amide bonds. The number of hydrogen-bond acceptors (Lipinski definition) is 1. The second-order valence-corrected chi connectivity index (χ2v) is 6.25. The molecule has 0 N–H and O–H groups in total. The predicted octanol–water partition coefficient (Wildman–Crippen LogP) is 7.65. The molecule has 2 rings (SSSR count). The minimum absolute atomic E-state index is 0.0205. The van der Waals surface area contributed by atoms with Gasteiger partial charge >= 0.3 is 6.18 Å². The van der Waals surface area contributed by atoms with E-state index in [1.807, 2.05) is 0 Å². The van der Waals surface area contributed by atoms with E-state index in [1.54, 1.807) is 0 Å². The van der Waals surface area contributed by atoms with Gasteiger partial charge in [-0.25, -0.2) is 0 Å². The van der Waals surface area contributed by atoms with Crippen LogP contribution < -0.4 is 4.74 Å². The van der Waals surface area contributed by atoms with Gasteiger partial charge in [-0.1, -0.05) is 64.1 Å². The molecule has 2 aromatic rings.